The largest absolute Gasteiger partial charge is 0.490 e. The fourth-order valence-corrected chi connectivity index (χ4v) is 3.24. The molecule has 0 atom stereocenters. The second-order valence-electron chi connectivity index (χ2n) is 7.48. The van der Waals surface area contributed by atoms with Gasteiger partial charge in [0.25, 0.3) is 5.91 Å². The highest BCUT2D eigenvalue weighted by Gasteiger charge is 2.15. The van der Waals surface area contributed by atoms with Crippen molar-refractivity contribution in [3.63, 3.8) is 0 Å². The van der Waals surface area contributed by atoms with Crippen molar-refractivity contribution in [1.29, 1.82) is 0 Å². The third-order valence-electron chi connectivity index (χ3n) is 4.93. The van der Waals surface area contributed by atoms with Gasteiger partial charge in [0.05, 0.1) is 19.1 Å². The van der Waals surface area contributed by atoms with E-state index in [1.807, 2.05) is 61.5 Å². The first-order chi connectivity index (χ1) is 17.6. The summed E-state index contributed by atoms with van der Waals surface area (Å²) in [5.41, 5.74) is 5.22. The number of carbonyl (C=O) groups is 2. The third kappa shape index (κ3) is 6.60. The van der Waals surface area contributed by atoms with E-state index >= 15 is 0 Å². The van der Waals surface area contributed by atoms with Gasteiger partial charge in [0.15, 0.2) is 18.1 Å². The van der Waals surface area contributed by atoms with Crippen LogP contribution in [0.2, 0.25) is 0 Å². The highest BCUT2D eigenvalue weighted by atomic mass is 16.6. The van der Waals surface area contributed by atoms with Crippen LogP contribution < -0.4 is 19.6 Å². The Bertz CT molecular complexity index is 1320. The van der Waals surface area contributed by atoms with Gasteiger partial charge in [-0.2, -0.15) is 5.10 Å². The van der Waals surface area contributed by atoms with Crippen LogP contribution in [0.25, 0.3) is 11.1 Å². The van der Waals surface area contributed by atoms with Gasteiger partial charge in [-0.1, -0.05) is 42.5 Å². The van der Waals surface area contributed by atoms with Crippen LogP contribution in [0.4, 0.5) is 0 Å². The Morgan fingerprint density at radius 2 is 1.67 bits per heavy atom. The summed E-state index contributed by atoms with van der Waals surface area (Å²) in [5, 5.41) is 3.96. The van der Waals surface area contributed by atoms with E-state index in [4.69, 9.17) is 18.6 Å². The van der Waals surface area contributed by atoms with Gasteiger partial charge in [-0.25, -0.2) is 10.2 Å². The summed E-state index contributed by atoms with van der Waals surface area (Å²) in [5.74, 6) is 0.216. The number of furan rings is 1. The van der Waals surface area contributed by atoms with Gasteiger partial charge in [0, 0.05) is 0 Å². The van der Waals surface area contributed by atoms with Crippen LogP contribution in [0.15, 0.2) is 101 Å². The maximum Gasteiger partial charge on any atom is 0.379 e. The Morgan fingerprint density at radius 3 is 2.39 bits per heavy atom. The summed E-state index contributed by atoms with van der Waals surface area (Å²) in [6.45, 7) is 1.99. The Kier molecular flexibility index (Phi) is 8.11. The molecule has 8 heteroatoms. The van der Waals surface area contributed by atoms with Crippen LogP contribution in [0.1, 0.15) is 23.0 Å². The fourth-order valence-electron chi connectivity index (χ4n) is 3.24. The van der Waals surface area contributed by atoms with Crippen LogP contribution in [0.5, 0.6) is 17.2 Å². The van der Waals surface area contributed by atoms with Crippen molar-refractivity contribution in [2.45, 2.75) is 6.92 Å². The first kappa shape index (κ1) is 24.3. The van der Waals surface area contributed by atoms with Crippen molar-refractivity contribution >= 4 is 18.1 Å². The van der Waals surface area contributed by atoms with E-state index in [0.717, 1.165) is 11.1 Å². The second-order valence-corrected chi connectivity index (χ2v) is 7.48. The Labute approximate surface area is 208 Å². The lowest BCUT2D eigenvalue weighted by Crippen LogP contribution is -2.24. The molecule has 4 rings (SSSR count). The number of hydrazone groups is 1. The Hall–Kier alpha value is -4.85. The lowest BCUT2D eigenvalue weighted by atomic mass is 10.1. The lowest BCUT2D eigenvalue weighted by molar-refractivity contribution is -0.123. The molecule has 0 aliphatic carbocycles. The maximum atomic E-state index is 12.2. The fraction of sp³-hybridized carbons (Fsp3) is 0.107. The molecular weight excluding hydrogens is 460 g/mol. The number of hydrogen-bond acceptors (Lipinski definition) is 7. The molecule has 0 aliphatic heterocycles. The monoisotopic (exact) mass is 484 g/mol. The molecule has 0 saturated heterocycles. The highest BCUT2D eigenvalue weighted by Crippen LogP contribution is 2.29. The van der Waals surface area contributed by atoms with Crippen molar-refractivity contribution in [2.75, 3.05) is 13.2 Å². The highest BCUT2D eigenvalue weighted by molar-refractivity contribution is 5.89. The van der Waals surface area contributed by atoms with Crippen molar-refractivity contribution in [3.05, 3.63) is 103 Å². The van der Waals surface area contributed by atoms with Crippen molar-refractivity contribution < 1.29 is 28.2 Å². The molecule has 36 heavy (non-hydrogen) atoms. The minimum absolute atomic E-state index is 0.0835. The van der Waals surface area contributed by atoms with Gasteiger partial charge in [0.2, 0.25) is 5.76 Å². The Morgan fingerprint density at radius 1 is 0.889 bits per heavy atom. The van der Waals surface area contributed by atoms with Crippen LogP contribution in [0, 0.1) is 0 Å². The third-order valence-corrected chi connectivity index (χ3v) is 4.93. The molecule has 0 spiro atoms. The van der Waals surface area contributed by atoms with Gasteiger partial charge in [-0.15, -0.1) is 0 Å². The van der Waals surface area contributed by atoms with Gasteiger partial charge >= 0.3 is 5.97 Å². The predicted octanol–water partition coefficient (Wildman–Crippen LogP) is 5.09. The van der Waals surface area contributed by atoms with Gasteiger partial charge in [-0.05, 0) is 66.1 Å². The zero-order valence-corrected chi connectivity index (χ0v) is 19.5. The first-order valence-corrected chi connectivity index (χ1v) is 11.2. The van der Waals surface area contributed by atoms with Gasteiger partial charge < -0.3 is 18.6 Å². The summed E-state index contributed by atoms with van der Waals surface area (Å²) in [6.07, 6.45) is 2.84. The van der Waals surface area contributed by atoms with Crippen LogP contribution in [-0.2, 0) is 4.79 Å². The number of carbonyl (C=O) groups excluding carboxylic acids is 2. The SMILES string of the molecule is CCOc1cc(/C=N\NC(=O)COc2ccc(-c3ccccc3)cc2)ccc1OC(=O)c1ccco1. The number of amides is 1. The van der Waals surface area contributed by atoms with E-state index in [1.54, 1.807) is 24.3 Å². The van der Waals surface area contributed by atoms with Crippen molar-refractivity contribution in [3.8, 4) is 28.4 Å². The number of benzene rings is 3. The maximum absolute atomic E-state index is 12.2. The molecule has 1 amide bonds. The van der Waals surface area contributed by atoms with E-state index in [9.17, 15) is 9.59 Å². The number of nitrogens with one attached hydrogen (secondary N) is 1. The summed E-state index contributed by atoms with van der Waals surface area (Å²) < 4.78 is 21.5. The molecule has 3 aromatic carbocycles. The minimum Gasteiger partial charge on any atom is -0.490 e. The van der Waals surface area contributed by atoms with Crippen LogP contribution >= 0.6 is 0 Å². The van der Waals surface area contributed by atoms with Gasteiger partial charge in [-0.3, -0.25) is 4.79 Å². The van der Waals surface area contributed by atoms with E-state index in [2.05, 4.69) is 10.5 Å². The Balaban J connectivity index is 1.29. The molecule has 0 fully saturated rings. The number of hydrogen-bond donors (Lipinski definition) is 1. The minimum atomic E-state index is -0.635. The molecule has 182 valence electrons. The molecule has 0 bridgehead atoms. The molecule has 0 radical (unpaired) electrons. The molecular formula is C28H24N2O6. The normalized spacial score (nSPS) is 10.7. The summed E-state index contributed by atoms with van der Waals surface area (Å²) in [7, 11) is 0. The molecule has 1 heterocycles. The van der Waals surface area contributed by atoms with E-state index in [0.29, 0.717) is 23.7 Å². The zero-order chi connectivity index (χ0) is 25.2. The summed E-state index contributed by atoms with van der Waals surface area (Å²) >= 11 is 0. The number of esters is 1. The zero-order valence-electron chi connectivity index (χ0n) is 19.5. The predicted molar refractivity (Wildman–Crippen MR) is 134 cm³/mol. The molecule has 1 aromatic heterocycles. The van der Waals surface area contributed by atoms with Gasteiger partial charge in [0.1, 0.15) is 5.75 Å². The van der Waals surface area contributed by atoms with E-state index in [1.165, 1.54) is 18.5 Å². The summed E-state index contributed by atoms with van der Waals surface area (Å²) in [6, 6.07) is 25.5. The number of rotatable bonds is 10. The first-order valence-electron chi connectivity index (χ1n) is 11.2. The smallest absolute Gasteiger partial charge is 0.379 e. The topological polar surface area (TPSA) is 99.4 Å². The molecule has 4 aromatic rings. The van der Waals surface area contributed by atoms with Crippen molar-refractivity contribution in [1.82, 2.24) is 5.43 Å². The van der Waals surface area contributed by atoms with Crippen LogP contribution in [-0.4, -0.2) is 31.3 Å². The average Bonchev–Trinajstić information content (AvgIpc) is 3.45. The van der Waals surface area contributed by atoms with Crippen molar-refractivity contribution in [2.24, 2.45) is 5.10 Å². The second kappa shape index (κ2) is 12.0. The van der Waals surface area contributed by atoms with E-state index < -0.39 is 11.9 Å². The number of nitrogens with zero attached hydrogens (tertiary/aromatic N) is 1. The average molecular weight is 485 g/mol. The number of ether oxygens (including phenoxy) is 3. The molecule has 0 aliphatic rings. The molecule has 8 nitrogen and oxygen atoms in total. The lowest BCUT2D eigenvalue weighted by Gasteiger charge is -2.10. The standard InChI is InChI=1S/C28H24N2O6/c1-2-33-26-17-20(10-15-24(26)36-28(32)25-9-6-16-34-25)18-29-30-27(31)19-35-23-13-11-22(12-14-23)21-7-4-3-5-8-21/h3-18H,2,19H2,1H3,(H,30,31)/b29-18-. The molecule has 1 N–H and O–H groups in total. The molecule has 0 unspecified atom stereocenters. The van der Waals surface area contributed by atoms with Crippen LogP contribution in [0.3, 0.4) is 0 Å². The quantitative estimate of drug-likeness (QED) is 0.146. The summed E-state index contributed by atoms with van der Waals surface area (Å²) in [4.78, 5) is 24.3. The van der Waals surface area contributed by atoms with E-state index in [-0.39, 0.29) is 18.1 Å². The molecule has 0 saturated carbocycles.